The van der Waals surface area contributed by atoms with E-state index in [2.05, 4.69) is 27.2 Å². The van der Waals surface area contributed by atoms with E-state index >= 15 is 0 Å². The zero-order valence-electron chi connectivity index (χ0n) is 12.7. The highest BCUT2D eigenvalue weighted by Gasteiger charge is 2.33. The summed E-state index contributed by atoms with van der Waals surface area (Å²) in [6.07, 6.45) is 2.33. The van der Waals surface area contributed by atoms with E-state index in [9.17, 15) is 4.79 Å². The lowest BCUT2D eigenvalue weighted by Crippen LogP contribution is -2.48. The second-order valence-corrected chi connectivity index (χ2v) is 5.76. The van der Waals surface area contributed by atoms with Crippen molar-refractivity contribution < 1.29 is 4.79 Å². The number of piperazine rings is 1. The Hall–Kier alpha value is -0.810. The summed E-state index contributed by atoms with van der Waals surface area (Å²) in [5, 5.41) is 3.33. The van der Waals surface area contributed by atoms with Gasteiger partial charge in [0.25, 0.3) is 0 Å². The molecule has 1 amide bonds. The summed E-state index contributed by atoms with van der Waals surface area (Å²) >= 11 is 0. The van der Waals surface area contributed by atoms with Crippen molar-refractivity contribution in [1.82, 2.24) is 15.1 Å². The molecule has 4 nitrogen and oxygen atoms in total. The smallest absolute Gasteiger partial charge is 0.237 e. The van der Waals surface area contributed by atoms with E-state index in [4.69, 9.17) is 0 Å². The van der Waals surface area contributed by atoms with Crippen molar-refractivity contribution in [2.45, 2.75) is 25.4 Å². The lowest BCUT2D eigenvalue weighted by molar-refractivity contribution is -0.133. The fraction of sp³-hybridized carbons (Fsp3) is 0.562. The zero-order valence-corrected chi connectivity index (χ0v) is 14.4. The standard InChI is InChI=1S/C16H23N3O.2ClH/c20-16(13-18-10-8-17-9-11-18)19(15-6-7-15)12-14-4-2-1-3-5-14;;/h1-5,15,17H,6-13H2;2*1H. The minimum atomic E-state index is 0. The van der Waals surface area contributed by atoms with Crippen molar-refractivity contribution in [3.63, 3.8) is 0 Å². The monoisotopic (exact) mass is 345 g/mol. The number of hydrogen-bond acceptors (Lipinski definition) is 3. The Morgan fingerprint density at radius 1 is 1.14 bits per heavy atom. The lowest BCUT2D eigenvalue weighted by atomic mass is 10.2. The molecule has 0 radical (unpaired) electrons. The van der Waals surface area contributed by atoms with Gasteiger partial charge in [-0.25, -0.2) is 0 Å². The van der Waals surface area contributed by atoms with E-state index in [0.29, 0.717) is 18.5 Å². The summed E-state index contributed by atoms with van der Waals surface area (Å²) in [5.74, 6) is 0.290. The van der Waals surface area contributed by atoms with Crippen LogP contribution < -0.4 is 5.32 Å². The molecule has 0 aromatic heterocycles. The van der Waals surface area contributed by atoms with Crippen molar-refractivity contribution in [3.8, 4) is 0 Å². The van der Waals surface area contributed by atoms with Gasteiger partial charge in [0.2, 0.25) is 5.91 Å². The third-order valence-corrected chi connectivity index (χ3v) is 4.07. The van der Waals surface area contributed by atoms with Crippen LogP contribution in [0.1, 0.15) is 18.4 Å². The van der Waals surface area contributed by atoms with E-state index in [0.717, 1.165) is 32.7 Å². The van der Waals surface area contributed by atoms with Crippen LogP contribution in [-0.2, 0) is 11.3 Å². The second-order valence-electron chi connectivity index (χ2n) is 5.76. The van der Waals surface area contributed by atoms with Crippen LogP contribution in [-0.4, -0.2) is 54.5 Å². The predicted molar refractivity (Wildman–Crippen MR) is 93.8 cm³/mol. The topological polar surface area (TPSA) is 35.6 Å². The average Bonchev–Trinajstić information content (AvgIpc) is 3.31. The normalized spacial score (nSPS) is 18.0. The first-order chi connectivity index (χ1) is 9.83. The second kappa shape index (κ2) is 9.36. The van der Waals surface area contributed by atoms with Gasteiger partial charge in [0.05, 0.1) is 6.54 Å². The van der Waals surface area contributed by atoms with Gasteiger partial charge in [0.1, 0.15) is 0 Å². The summed E-state index contributed by atoms with van der Waals surface area (Å²) in [6, 6.07) is 10.8. The minimum Gasteiger partial charge on any atom is -0.334 e. The van der Waals surface area contributed by atoms with Crippen LogP contribution in [0.5, 0.6) is 0 Å². The third kappa shape index (κ3) is 5.43. The quantitative estimate of drug-likeness (QED) is 0.885. The molecule has 0 spiro atoms. The molecule has 6 heteroatoms. The molecule has 1 aromatic carbocycles. The highest BCUT2D eigenvalue weighted by atomic mass is 35.5. The number of hydrogen-bond donors (Lipinski definition) is 1. The molecule has 0 unspecified atom stereocenters. The van der Waals surface area contributed by atoms with Crippen molar-refractivity contribution in [1.29, 1.82) is 0 Å². The molecule has 2 aliphatic rings. The van der Waals surface area contributed by atoms with E-state index < -0.39 is 0 Å². The molecule has 124 valence electrons. The van der Waals surface area contributed by atoms with Gasteiger partial charge in [-0.15, -0.1) is 24.8 Å². The van der Waals surface area contributed by atoms with Crippen LogP contribution >= 0.6 is 24.8 Å². The Labute approximate surface area is 145 Å². The van der Waals surface area contributed by atoms with Crippen molar-refractivity contribution in [2.75, 3.05) is 32.7 Å². The number of nitrogens with zero attached hydrogens (tertiary/aromatic N) is 2. The fourth-order valence-electron chi connectivity index (χ4n) is 2.74. The third-order valence-electron chi connectivity index (χ3n) is 4.07. The van der Waals surface area contributed by atoms with Gasteiger partial charge < -0.3 is 10.2 Å². The molecule has 3 rings (SSSR count). The zero-order chi connectivity index (χ0) is 13.8. The van der Waals surface area contributed by atoms with Crippen molar-refractivity contribution in [2.24, 2.45) is 0 Å². The maximum atomic E-state index is 12.6. The molecule has 1 aromatic rings. The van der Waals surface area contributed by atoms with Gasteiger partial charge in [0.15, 0.2) is 0 Å². The summed E-state index contributed by atoms with van der Waals surface area (Å²) in [6.45, 7) is 5.29. The molecule has 1 N–H and O–H groups in total. The highest BCUT2D eigenvalue weighted by Crippen LogP contribution is 2.28. The Morgan fingerprint density at radius 3 is 2.36 bits per heavy atom. The Kier molecular flexibility index (Phi) is 8.18. The molecule has 1 heterocycles. The summed E-state index contributed by atoms with van der Waals surface area (Å²) < 4.78 is 0. The lowest BCUT2D eigenvalue weighted by Gasteiger charge is -2.30. The number of rotatable bonds is 5. The van der Waals surface area contributed by atoms with E-state index in [-0.39, 0.29) is 24.8 Å². The number of nitrogens with one attached hydrogen (secondary N) is 1. The minimum absolute atomic E-state index is 0. The average molecular weight is 346 g/mol. The summed E-state index contributed by atoms with van der Waals surface area (Å²) in [4.78, 5) is 16.9. The Bertz CT molecular complexity index is 448. The Balaban J connectivity index is 0.00000121. The van der Waals surface area contributed by atoms with Crippen LogP contribution in [0.25, 0.3) is 0 Å². The van der Waals surface area contributed by atoms with Gasteiger partial charge in [-0.2, -0.15) is 0 Å². The van der Waals surface area contributed by atoms with Crippen molar-refractivity contribution >= 4 is 30.7 Å². The van der Waals surface area contributed by atoms with Gasteiger partial charge >= 0.3 is 0 Å². The SMILES string of the molecule is Cl.Cl.O=C(CN1CCNCC1)N(Cc1ccccc1)C1CC1. The number of halogens is 2. The van der Waals surface area contributed by atoms with Crippen LogP contribution in [0.2, 0.25) is 0 Å². The molecule has 0 bridgehead atoms. The van der Waals surface area contributed by atoms with Gasteiger partial charge in [0, 0.05) is 38.8 Å². The molecule has 1 saturated heterocycles. The van der Waals surface area contributed by atoms with Gasteiger partial charge in [-0.05, 0) is 18.4 Å². The number of benzene rings is 1. The first kappa shape index (κ1) is 19.2. The molecular weight excluding hydrogens is 321 g/mol. The summed E-state index contributed by atoms with van der Waals surface area (Å²) in [7, 11) is 0. The molecule has 2 fully saturated rings. The van der Waals surface area contributed by atoms with Crippen LogP contribution in [0.3, 0.4) is 0 Å². The molecule has 22 heavy (non-hydrogen) atoms. The van der Waals surface area contributed by atoms with E-state index in [1.54, 1.807) is 0 Å². The number of carbonyl (C=O) groups is 1. The molecule has 1 saturated carbocycles. The fourth-order valence-corrected chi connectivity index (χ4v) is 2.74. The predicted octanol–water partition coefficient (Wildman–Crippen LogP) is 1.93. The molecular formula is C16H25Cl2N3O. The first-order valence-electron chi connectivity index (χ1n) is 7.59. The highest BCUT2D eigenvalue weighted by molar-refractivity contribution is 5.85. The largest absolute Gasteiger partial charge is 0.334 e. The maximum absolute atomic E-state index is 12.6. The van der Waals surface area contributed by atoms with Crippen LogP contribution in [0.15, 0.2) is 30.3 Å². The van der Waals surface area contributed by atoms with Crippen LogP contribution in [0.4, 0.5) is 0 Å². The van der Waals surface area contributed by atoms with Gasteiger partial charge in [-0.1, -0.05) is 30.3 Å². The first-order valence-corrected chi connectivity index (χ1v) is 7.59. The van der Waals surface area contributed by atoms with Crippen LogP contribution in [0, 0.1) is 0 Å². The molecule has 1 aliphatic heterocycles. The summed E-state index contributed by atoms with van der Waals surface area (Å²) in [5.41, 5.74) is 1.23. The number of amides is 1. The van der Waals surface area contributed by atoms with E-state index in [1.807, 2.05) is 18.2 Å². The Morgan fingerprint density at radius 2 is 1.77 bits per heavy atom. The maximum Gasteiger partial charge on any atom is 0.237 e. The number of carbonyl (C=O) groups excluding carboxylic acids is 1. The van der Waals surface area contributed by atoms with Crippen molar-refractivity contribution in [3.05, 3.63) is 35.9 Å². The molecule has 1 aliphatic carbocycles. The van der Waals surface area contributed by atoms with Gasteiger partial charge in [-0.3, -0.25) is 9.69 Å². The van der Waals surface area contributed by atoms with E-state index in [1.165, 1.54) is 18.4 Å². The molecule has 0 atom stereocenters.